The van der Waals surface area contributed by atoms with Crippen LogP contribution in [0.15, 0.2) is 29.0 Å². The Balaban J connectivity index is 1.51. The SMILES string of the molecule is O=C1CN=C(CCC(=O)N2CCN(c3ncc(C(F)(F)F)cn3)CC2)C=C1C(F)(F)F. The van der Waals surface area contributed by atoms with Crippen molar-refractivity contribution in [1.29, 1.82) is 0 Å². The maximum absolute atomic E-state index is 12.8. The average Bonchev–Trinajstić information content (AvgIpc) is 2.71. The van der Waals surface area contributed by atoms with Gasteiger partial charge in [0.1, 0.15) is 12.1 Å². The molecule has 0 bridgehead atoms. The van der Waals surface area contributed by atoms with Crippen molar-refractivity contribution in [2.24, 2.45) is 4.99 Å². The number of rotatable bonds is 4. The summed E-state index contributed by atoms with van der Waals surface area (Å²) in [6.45, 7) is 0.520. The minimum absolute atomic E-state index is 0.0338. The number of dihydropyridines is 1. The first-order valence-electron chi connectivity index (χ1n) is 9.22. The Morgan fingerprint density at radius 2 is 1.58 bits per heavy atom. The zero-order valence-corrected chi connectivity index (χ0v) is 16.0. The van der Waals surface area contributed by atoms with Gasteiger partial charge in [-0.2, -0.15) is 26.3 Å². The van der Waals surface area contributed by atoms with E-state index in [1.807, 2.05) is 0 Å². The molecule has 31 heavy (non-hydrogen) atoms. The molecule has 0 atom stereocenters. The molecule has 168 valence electrons. The van der Waals surface area contributed by atoms with Crippen LogP contribution in [0.4, 0.5) is 32.3 Å². The second-order valence-corrected chi connectivity index (χ2v) is 6.92. The lowest BCUT2D eigenvalue weighted by Gasteiger charge is -2.34. The van der Waals surface area contributed by atoms with Gasteiger partial charge in [-0.25, -0.2) is 9.97 Å². The number of aromatic nitrogens is 2. The second kappa shape index (κ2) is 8.63. The molecule has 1 fully saturated rings. The number of Topliss-reactive ketones (excluding diaryl/α,β-unsaturated/α-hetero) is 1. The van der Waals surface area contributed by atoms with E-state index < -0.39 is 35.8 Å². The fourth-order valence-electron chi connectivity index (χ4n) is 3.12. The highest BCUT2D eigenvalue weighted by Gasteiger charge is 2.39. The Bertz CT molecular complexity index is 900. The number of hydrogen-bond acceptors (Lipinski definition) is 6. The standard InChI is InChI=1S/C18H17F6N5O2/c19-17(20,21)11-8-26-16(27-9-11)29-5-3-28(4-6-29)15(31)2-1-12-7-13(18(22,23)24)14(30)10-25-12/h7-9H,1-6,10H2. The predicted octanol–water partition coefficient (Wildman–Crippen LogP) is 2.44. The number of anilines is 1. The summed E-state index contributed by atoms with van der Waals surface area (Å²) in [5.41, 5.74) is -2.19. The molecule has 1 aromatic heterocycles. The monoisotopic (exact) mass is 449 g/mol. The molecule has 1 saturated heterocycles. The highest BCUT2D eigenvalue weighted by Crippen LogP contribution is 2.29. The summed E-state index contributed by atoms with van der Waals surface area (Å²) in [4.78, 5) is 38.1. The molecule has 0 N–H and O–H groups in total. The molecule has 3 heterocycles. The zero-order valence-electron chi connectivity index (χ0n) is 16.0. The highest BCUT2D eigenvalue weighted by molar-refractivity contribution is 6.10. The Hall–Kier alpha value is -2.99. The van der Waals surface area contributed by atoms with Crippen molar-refractivity contribution in [3.8, 4) is 0 Å². The van der Waals surface area contributed by atoms with Crippen molar-refractivity contribution < 1.29 is 35.9 Å². The van der Waals surface area contributed by atoms with Crippen molar-refractivity contribution in [3.05, 3.63) is 29.6 Å². The fraction of sp³-hybridized carbons (Fsp3) is 0.500. The molecule has 1 aromatic rings. The molecule has 13 heteroatoms. The number of piperazine rings is 1. The van der Waals surface area contributed by atoms with E-state index in [1.54, 1.807) is 4.90 Å². The van der Waals surface area contributed by atoms with Crippen molar-refractivity contribution in [2.45, 2.75) is 25.2 Å². The van der Waals surface area contributed by atoms with Crippen LogP contribution in [0.2, 0.25) is 0 Å². The van der Waals surface area contributed by atoms with E-state index in [0.29, 0.717) is 31.6 Å². The molecule has 0 aromatic carbocycles. The van der Waals surface area contributed by atoms with E-state index in [1.165, 1.54) is 4.90 Å². The van der Waals surface area contributed by atoms with E-state index in [0.717, 1.165) is 0 Å². The van der Waals surface area contributed by atoms with Crippen LogP contribution in [0.1, 0.15) is 18.4 Å². The molecule has 0 aliphatic carbocycles. The van der Waals surface area contributed by atoms with Gasteiger partial charge in [-0.1, -0.05) is 0 Å². The lowest BCUT2D eigenvalue weighted by Crippen LogP contribution is -2.49. The molecular weight excluding hydrogens is 432 g/mol. The summed E-state index contributed by atoms with van der Waals surface area (Å²) >= 11 is 0. The average molecular weight is 449 g/mol. The van der Waals surface area contributed by atoms with Crippen LogP contribution in [0.3, 0.4) is 0 Å². The number of allylic oxidation sites excluding steroid dienone is 1. The molecular formula is C18H17F6N5O2. The molecule has 0 saturated carbocycles. The Kier molecular flexibility index (Phi) is 6.32. The second-order valence-electron chi connectivity index (χ2n) is 6.92. The van der Waals surface area contributed by atoms with Gasteiger partial charge in [0.05, 0.1) is 5.56 Å². The van der Waals surface area contributed by atoms with Gasteiger partial charge in [0.2, 0.25) is 11.9 Å². The summed E-state index contributed by atoms with van der Waals surface area (Å²) in [6.07, 6.45) is -7.34. The summed E-state index contributed by atoms with van der Waals surface area (Å²) in [5.74, 6) is -1.29. The molecule has 0 unspecified atom stereocenters. The number of alkyl halides is 6. The first-order chi connectivity index (χ1) is 14.4. The van der Waals surface area contributed by atoms with E-state index in [9.17, 15) is 35.9 Å². The smallest absolute Gasteiger partial charge is 0.339 e. The quantitative estimate of drug-likeness (QED) is 0.660. The van der Waals surface area contributed by atoms with Gasteiger partial charge in [-0.15, -0.1) is 0 Å². The van der Waals surface area contributed by atoms with Crippen LogP contribution in [0.5, 0.6) is 0 Å². The van der Waals surface area contributed by atoms with E-state index >= 15 is 0 Å². The number of aliphatic imine (C=N–C) groups is 1. The van der Waals surface area contributed by atoms with Crippen molar-refractivity contribution in [2.75, 3.05) is 37.6 Å². The number of amides is 1. The Labute approximate surface area is 172 Å². The van der Waals surface area contributed by atoms with Gasteiger partial charge in [0, 0.05) is 50.7 Å². The largest absolute Gasteiger partial charge is 0.419 e. The summed E-state index contributed by atoms with van der Waals surface area (Å²) in [7, 11) is 0. The lowest BCUT2D eigenvalue weighted by atomic mass is 10.0. The van der Waals surface area contributed by atoms with Crippen LogP contribution in [-0.2, 0) is 15.8 Å². The Morgan fingerprint density at radius 3 is 2.13 bits per heavy atom. The number of halogens is 6. The van der Waals surface area contributed by atoms with Gasteiger partial charge in [-0.05, 0) is 12.5 Å². The van der Waals surface area contributed by atoms with Crippen molar-refractivity contribution in [1.82, 2.24) is 14.9 Å². The van der Waals surface area contributed by atoms with Crippen LogP contribution < -0.4 is 4.90 Å². The van der Waals surface area contributed by atoms with Crippen molar-refractivity contribution in [3.63, 3.8) is 0 Å². The molecule has 3 rings (SSSR count). The van der Waals surface area contributed by atoms with Crippen LogP contribution in [0.25, 0.3) is 0 Å². The van der Waals surface area contributed by atoms with Gasteiger partial charge >= 0.3 is 12.4 Å². The molecule has 0 spiro atoms. The highest BCUT2D eigenvalue weighted by atomic mass is 19.4. The first kappa shape index (κ1) is 22.7. The normalized spacial score (nSPS) is 18.1. The minimum Gasteiger partial charge on any atom is -0.339 e. The molecule has 0 radical (unpaired) electrons. The number of carbonyl (C=O) groups excluding carboxylic acids is 2. The summed E-state index contributed by atoms with van der Waals surface area (Å²) in [5, 5.41) is 0. The van der Waals surface area contributed by atoms with Gasteiger partial charge in [-0.3, -0.25) is 14.6 Å². The molecule has 2 aliphatic heterocycles. The fourth-order valence-corrected chi connectivity index (χ4v) is 3.12. The minimum atomic E-state index is -4.76. The molecule has 1 amide bonds. The summed E-state index contributed by atoms with van der Waals surface area (Å²) < 4.78 is 76.2. The van der Waals surface area contributed by atoms with Gasteiger partial charge < -0.3 is 9.80 Å². The summed E-state index contributed by atoms with van der Waals surface area (Å²) in [6, 6.07) is 0. The van der Waals surface area contributed by atoms with E-state index in [-0.39, 0.29) is 43.5 Å². The van der Waals surface area contributed by atoms with Gasteiger partial charge in [0.25, 0.3) is 0 Å². The predicted molar refractivity (Wildman–Crippen MR) is 96.5 cm³/mol. The number of ketones is 1. The third-order valence-corrected chi connectivity index (χ3v) is 4.82. The van der Waals surface area contributed by atoms with Crippen LogP contribution >= 0.6 is 0 Å². The third kappa shape index (κ3) is 5.58. The molecule has 7 nitrogen and oxygen atoms in total. The van der Waals surface area contributed by atoms with Crippen LogP contribution in [0, 0.1) is 0 Å². The van der Waals surface area contributed by atoms with E-state index in [2.05, 4.69) is 15.0 Å². The first-order valence-corrected chi connectivity index (χ1v) is 9.22. The lowest BCUT2D eigenvalue weighted by molar-refractivity contribution is -0.138. The maximum Gasteiger partial charge on any atom is 0.419 e. The topological polar surface area (TPSA) is 78.8 Å². The third-order valence-electron chi connectivity index (χ3n) is 4.82. The maximum atomic E-state index is 12.8. The van der Waals surface area contributed by atoms with E-state index in [4.69, 9.17) is 0 Å². The van der Waals surface area contributed by atoms with Crippen LogP contribution in [-0.4, -0.2) is 71.2 Å². The zero-order chi connectivity index (χ0) is 22.8. The molecule has 2 aliphatic rings. The van der Waals surface area contributed by atoms with Crippen molar-refractivity contribution >= 4 is 23.4 Å². The number of carbonyl (C=O) groups is 2. The Morgan fingerprint density at radius 1 is 0.968 bits per heavy atom. The van der Waals surface area contributed by atoms with Gasteiger partial charge in [0.15, 0.2) is 5.78 Å². The number of hydrogen-bond donors (Lipinski definition) is 0. The number of nitrogens with zero attached hydrogens (tertiary/aromatic N) is 5.